The summed E-state index contributed by atoms with van der Waals surface area (Å²) in [6, 6.07) is 12.1. The van der Waals surface area contributed by atoms with Crippen LogP contribution in [0.4, 0.5) is 0 Å². The van der Waals surface area contributed by atoms with Crippen LogP contribution in [0.3, 0.4) is 0 Å². The minimum absolute atomic E-state index is 0.212. The van der Waals surface area contributed by atoms with E-state index in [2.05, 4.69) is 52.8 Å². The lowest BCUT2D eigenvalue weighted by Gasteiger charge is -2.33. The van der Waals surface area contributed by atoms with Crippen molar-refractivity contribution in [3.05, 3.63) is 42.0 Å². The van der Waals surface area contributed by atoms with Crippen molar-refractivity contribution in [1.29, 1.82) is 0 Å². The molecule has 0 aromatic heterocycles. The molecule has 1 N–H and O–H groups in total. The highest BCUT2D eigenvalue weighted by molar-refractivity contribution is 5.91. The molecule has 2 aromatic rings. The molecule has 0 aliphatic rings. The molecular formula is C21H32O. The first-order valence-electron chi connectivity index (χ1n) is 8.51. The average molecular weight is 300 g/mol. The summed E-state index contributed by atoms with van der Waals surface area (Å²) < 4.78 is 0. The quantitative estimate of drug-likeness (QED) is 0.665. The van der Waals surface area contributed by atoms with Crippen LogP contribution in [0, 0.1) is 11.3 Å². The lowest BCUT2D eigenvalue weighted by molar-refractivity contribution is 0.281. The van der Waals surface area contributed by atoms with E-state index in [0.717, 1.165) is 11.8 Å². The zero-order valence-corrected chi connectivity index (χ0v) is 15.3. The van der Waals surface area contributed by atoms with Gasteiger partial charge in [0.25, 0.3) is 0 Å². The van der Waals surface area contributed by atoms with Gasteiger partial charge in [0.15, 0.2) is 0 Å². The molecule has 1 unspecified atom stereocenters. The predicted octanol–water partition coefficient (Wildman–Crippen LogP) is 6.75. The van der Waals surface area contributed by atoms with Gasteiger partial charge in [0.05, 0.1) is 0 Å². The highest BCUT2D eigenvalue weighted by Gasteiger charge is 2.28. The van der Waals surface area contributed by atoms with Gasteiger partial charge in [-0.3, -0.25) is 0 Å². The Morgan fingerprint density at radius 3 is 1.95 bits per heavy atom. The van der Waals surface area contributed by atoms with Crippen LogP contribution >= 0.6 is 0 Å². The van der Waals surface area contributed by atoms with Crippen molar-refractivity contribution < 1.29 is 5.11 Å². The molecule has 2 aromatic carbocycles. The van der Waals surface area contributed by atoms with Crippen molar-refractivity contribution in [1.82, 2.24) is 0 Å². The second-order valence-corrected chi connectivity index (χ2v) is 7.27. The van der Waals surface area contributed by atoms with Gasteiger partial charge in [0.2, 0.25) is 0 Å². The summed E-state index contributed by atoms with van der Waals surface area (Å²) >= 11 is 0. The maximum atomic E-state index is 10.1. The van der Waals surface area contributed by atoms with Crippen LogP contribution in [0.2, 0.25) is 0 Å². The van der Waals surface area contributed by atoms with Gasteiger partial charge in [-0.25, -0.2) is 0 Å². The van der Waals surface area contributed by atoms with Crippen LogP contribution in [0.1, 0.15) is 66.4 Å². The van der Waals surface area contributed by atoms with E-state index in [1.54, 1.807) is 0 Å². The Balaban J connectivity index is 0.00000116. The molecule has 0 spiro atoms. The molecule has 0 bridgehead atoms. The highest BCUT2D eigenvalue weighted by Crippen LogP contribution is 2.43. The molecular weight excluding hydrogens is 268 g/mol. The molecule has 2 rings (SSSR count). The summed E-state index contributed by atoms with van der Waals surface area (Å²) in [7, 11) is 0. The van der Waals surface area contributed by atoms with E-state index in [4.69, 9.17) is 0 Å². The van der Waals surface area contributed by atoms with Gasteiger partial charge in [-0.05, 0) is 40.7 Å². The van der Waals surface area contributed by atoms with Crippen molar-refractivity contribution in [3.63, 3.8) is 0 Å². The summed E-state index contributed by atoms with van der Waals surface area (Å²) in [4.78, 5) is 0. The van der Waals surface area contributed by atoms with E-state index in [0.29, 0.717) is 17.6 Å². The minimum Gasteiger partial charge on any atom is -0.507 e. The number of hydrogen-bond donors (Lipinski definition) is 1. The fourth-order valence-electron chi connectivity index (χ4n) is 3.03. The standard InChI is InChI=1S/C19H26O.C2H6/c1-13(2)12-17(19(3,4)5)15-10-11-18(20)16-9-7-6-8-14(15)16;1-2/h6-11,13,17,20H,12H2,1-5H3;1-2H3. The van der Waals surface area contributed by atoms with E-state index < -0.39 is 0 Å². The number of phenolic OH excluding ortho intramolecular Hbond substituents is 1. The monoisotopic (exact) mass is 300 g/mol. The Morgan fingerprint density at radius 1 is 0.909 bits per heavy atom. The molecule has 0 radical (unpaired) electrons. The molecule has 1 atom stereocenters. The summed E-state index contributed by atoms with van der Waals surface area (Å²) in [5.41, 5.74) is 1.57. The predicted molar refractivity (Wildman–Crippen MR) is 98.6 cm³/mol. The van der Waals surface area contributed by atoms with Gasteiger partial charge in [0, 0.05) is 5.39 Å². The van der Waals surface area contributed by atoms with Gasteiger partial charge >= 0.3 is 0 Å². The van der Waals surface area contributed by atoms with Crippen LogP contribution < -0.4 is 0 Å². The van der Waals surface area contributed by atoms with Crippen molar-refractivity contribution in [2.45, 2.75) is 60.8 Å². The third-order valence-corrected chi connectivity index (χ3v) is 4.06. The van der Waals surface area contributed by atoms with E-state index in [-0.39, 0.29) is 5.41 Å². The van der Waals surface area contributed by atoms with Crippen LogP contribution in [0.15, 0.2) is 36.4 Å². The SMILES string of the molecule is CC.CC(C)CC(c1ccc(O)c2ccccc12)C(C)(C)C. The van der Waals surface area contributed by atoms with Gasteiger partial charge < -0.3 is 5.11 Å². The Bertz CT molecular complexity index is 590. The van der Waals surface area contributed by atoms with Crippen LogP contribution in [-0.4, -0.2) is 5.11 Å². The molecule has 0 saturated heterocycles. The lowest BCUT2D eigenvalue weighted by atomic mass is 9.71. The van der Waals surface area contributed by atoms with Gasteiger partial charge in [0.1, 0.15) is 5.75 Å². The van der Waals surface area contributed by atoms with E-state index in [1.165, 1.54) is 10.9 Å². The maximum Gasteiger partial charge on any atom is 0.123 e. The molecule has 0 saturated carbocycles. The Labute approximate surface area is 136 Å². The van der Waals surface area contributed by atoms with Gasteiger partial charge in [-0.1, -0.05) is 78.8 Å². The van der Waals surface area contributed by atoms with E-state index in [9.17, 15) is 5.11 Å². The van der Waals surface area contributed by atoms with Crippen LogP contribution in [0.25, 0.3) is 10.8 Å². The number of phenols is 1. The van der Waals surface area contributed by atoms with Crippen molar-refractivity contribution in [2.24, 2.45) is 11.3 Å². The third kappa shape index (κ3) is 4.25. The van der Waals surface area contributed by atoms with Crippen molar-refractivity contribution in [3.8, 4) is 5.75 Å². The number of rotatable bonds is 3. The van der Waals surface area contributed by atoms with Crippen LogP contribution in [-0.2, 0) is 0 Å². The fourth-order valence-corrected chi connectivity index (χ4v) is 3.03. The topological polar surface area (TPSA) is 20.2 Å². The summed E-state index contributed by atoms with van der Waals surface area (Å²) in [5.74, 6) is 1.53. The van der Waals surface area contributed by atoms with E-state index in [1.807, 2.05) is 32.0 Å². The van der Waals surface area contributed by atoms with Crippen LogP contribution in [0.5, 0.6) is 5.75 Å². The molecule has 0 aliphatic heterocycles. The Kier molecular flexibility index (Phi) is 6.47. The molecule has 122 valence electrons. The van der Waals surface area contributed by atoms with Crippen molar-refractivity contribution in [2.75, 3.05) is 0 Å². The van der Waals surface area contributed by atoms with Gasteiger partial charge in [-0.2, -0.15) is 0 Å². The molecule has 0 aliphatic carbocycles. The first-order chi connectivity index (χ1) is 10.3. The van der Waals surface area contributed by atoms with Crippen molar-refractivity contribution >= 4 is 10.8 Å². The summed E-state index contributed by atoms with van der Waals surface area (Å²) in [6.07, 6.45) is 1.16. The molecule has 1 heteroatoms. The molecule has 22 heavy (non-hydrogen) atoms. The summed E-state index contributed by atoms with van der Waals surface area (Å²) in [5, 5.41) is 12.2. The zero-order valence-electron chi connectivity index (χ0n) is 15.3. The Hall–Kier alpha value is -1.50. The highest BCUT2D eigenvalue weighted by atomic mass is 16.3. The first-order valence-corrected chi connectivity index (χ1v) is 8.51. The second kappa shape index (κ2) is 7.67. The second-order valence-electron chi connectivity index (χ2n) is 7.27. The third-order valence-electron chi connectivity index (χ3n) is 4.06. The first kappa shape index (κ1) is 18.5. The number of hydrogen-bond acceptors (Lipinski definition) is 1. The minimum atomic E-state index is 0.212. The summed E-state index contributed by atoms with van der Waals surface area (Å²) in [6.45, 7) is 15.5. The number of aromatic hydroxyl groups is 1. The largest absolute Gasteiger partial charge is 0.507 e. The smallest absolute Gasteiger partial charge is 0.123 e. The van der Waals surface area contributed by atoms with E-state index >= 15 is 0 Å². The molecule has 0 fully saturated rings. The fraction of sp³-hybridized carbons (Fsp3) is 0.524. The maximum absolute atomic E-state index is 10.1. The average Bonchev–Trinajstić information content (AvgIpc) is 2.47. The molecule has 0 heterocycles. The molecule has 1 nitrogen and oxygen atoms in total. The lowest BCUT2D eigenvalue weighted by Crippen LogP contribution is -2.20. The van der Waals surface area contributed by atoms with Gasteiger partial charge in [-0.15, -0.1) is 0 Å². The zero-order chi connectivity index (χ0) is 16.9. The molecule has 0 amide bonds. The number of fused-ring (bicyclic) bond motifs is 1. The normalized spacial score (nSPS) is 12.9. The number of benzene rings is 2. The Morgan fingerprint density at radius 2 is 1.45 bits per heavy atom.